The number of carbonyl (C=O) groups excluding carboxylic acids is 3. The summed E-state index contributed by atoms with van der Waals surface area (Å²) in [5.74, 6) is 1.34. The van der Waals surface area contributed by atoms with E-state index in [0.717, 1.165) is 0 Å². The quantitative estimate of drug-likeness (QED) is 0.210. The van der Waals surface area contributed by atoms with E-state index in [0.29, 0.717) is 8.86 Å². The van der Waals surface area contributed by atoms with Crippen molar-refractivity contribution in [3.05, 3.63) is 0 Å². The van der Waals surface area contributed by atoms with Gasteiger partial charge in [-0.3, -0.25) is 14.4 Å². The van der Waals surface area contributed by atoms with Crippen molar-refractivity contribution in [1.82, 2.24) is 15.5 Å². The van der Waals surface area contributed by atoms with Gasteiger partial charge in [0.05, 0.1) is 8.86 Å². The number of nitrogens with one attached hydrogen (secondary N) is 2. The van der Waals surface area contributed by atoms with Crippen LogP contribution < -0.4 is 10.6 Å². The number of nitrogens with zero attached hydrogens (tertiary/aromatic N) is 1. The summed E-state index contributed by atoms with van der Waals surface area (Å²) >= 11 is 3.82. The monoisotopic (exact) mass is 535 g/mol. The van der Waals surface area contributed by atoms with E-state index < -0.39 is 11.9 Å². The Balaban J connectivity index is 4.52. The van der Waals surface area contributed by atoms with E-state index in [4.69, 9.17) is 5.11 Å². The first-order valence-corrected chi connectivity index (χ1v) is 9.15. The predicted octanol–water partition coefficient (Wildman–Crippen LogP) is -0.995. The van der Waals surface area contributed by atoms with E-state index in [2.05, 4.69) is 10.6 Å². The van der Waals surface area contributed by atoms with Gasteiger partial charge in [-0.1, -0.05) is 45.2 Å². The van der Waals surface area contributed by atoms with E-state index in [1.54, 1.807) is 5.92 Å². The lowest BCUT2D eigenvalue weighted by molar-refractivity contribution is -0.131. The SMILES string of the molecule is O=C(O)C#CC(=O)N(CCNC(=O)CI)CCNC(=O)CI. The Bertz CT molecular complexity index is 465. The average Bonchev–Trinajstić information content (AvgIpc) is 2.50. The number of alkyl halides is 2. The van der Waals surface area contributed by atoms with Gasteiger partial charge >= 0.3 is 5.97 Å². The summed E-state index contributed by atoms with van der Waals surface area (Å²) in [6.45, 7) is 0.802. The van der Waals surface area contributed by atoms with Crippen LogP contribution in [0.3, 0.4) is 0 Å². The fourth-order valence-corrected chi connectivity index (χ4v) is 1.80. The van der Waals surface area contributed by atoms with Gasteiger partial charge in [-0.05, 0) is 0 Å². The molecular weight excluding hydrogens is 520 g/mol. The molecule has 0 aromatic heterocycles. The summed E-state index contributed by atoms with van der Waals surface area (Å²) in [6.07, 6.45) is 0. The average molecular weight is 535 g/mol. The molecular formula is C12H15I2N3O5. The van der Waals surface area contributed by atoms with Crippen molar-refractivity contribution in [2.24, 2.45) is 0 Å². The van der Waals surface area contributed by atoms with E-state index in [9.17, 15) is 19.2 Å². The van der Waals surface area contributed by atoms with Crippen LogP contribution in [-0.2, 0) is 19.2 Å². The third-order valence-corrected chi connectivity index (χ3v) is 3.60. The lowest BCUT2D eigenvalue weighted by Crippen LogP contribution is -2.42. The van der Waals surface area contributed by atoms with Crippen LogP contribution in [0.5, 0.6) is 0 Å². The standard InChI is InChI=1S/C12H15I2N3O5/c13-7-9(18)15-3-5-17(6-4-16-10(19)8-14)11(20)1-2-12(21)22/h3-8H2,(H,15,18)(H,16,19)(H,21,22). The Labute approximate surface area is 155 Å². The van der Waals surface area contributed by atoms with Gasteiger partial charge in [0.2, 0.25) is 11.8 Å². The number of aliphatic carboxylic acids is 1. The first-order valence-electron chi connectivity index (χ1n) is 6.09. The van der Waals surface area contributed by atoms with Gasteiger partial charge in [-0.25, -0.2) is 4.79 Å². The lowest BCUT2D eigenvalue weighted by atomic mass is 10.4. The van der Waals surface area contributed by atoms with Crippen LogP contribution in [0.2, 0.25) is 0 Å². The molecule has 3 amide bonds. The summed E-state index contributed by atoms with van der Waals surface area (Å²) < 4.78 is 0.604. The molecule has 0 aliphatic carbocycles. The van der Waals surface area contributed by atoms with Crippen molar-refractivity contribution in [1.29, 1.82) is 0 Å². The highest BCUT2D eigenvalue weighted by molar-refractivity contribution is 14.1. The number of carboxylic acids is 1. The highest BCUT2D eigenvalue weighted by Gasteiger charge is 2.12. The molecule has 0 aliphatic rings. The minimum atomic E-state index is -1.40. The summed E-state index contributed by atoms with van der Waals surface area (Å²) in [6, 6.07) is 0. The van der Waals surface area contributed by atoms with Crippen molar-refractivity contribution in [3.63, 3.8) is 0 Å². The van der Waals surface area contributed by atoms with Crippen molar-refractivity contribution < 1.29 is 24.3 Å². The minimum Gasteiger partial charge on any atom is -0.472 e. The maximum atomic E-state index is 11.8. The van der Waals surface area contributed by atoms with Gasteiger partial charge in [-0.15, -0.1) is 0 Å². The molecule has 122 valence electrons. The summed E-state index contributed by atoms with van der Waals surface area (Å²) in [5.41, 5.74) is 0. The van der Waals surface area contributed by atoms with Gasteiger partial charge in [0.1, 0.15) is 0 Å². The van der Waals surface area contributed by atoms with Crippen LogP contribution in [0.4, 0.5) is 0 Å². The van der Waals surface area contributed by atoms with Crippen LogP contribution >= 0.6 is 45.2 Å². The maximum Gasteiger partial charge on any atom is 0.382 e. The van der Waals surface area contributed by atoms with Gasteiger partial charge in [0.15, 0.2) is 0 Å². The second-order valence-corrected chi connectivity index (χ2v) is 5.34. The zero-order valence-electron chi connectivity index (χ0n) is 11.5. The summed E-state index contributed by atoms with van der Waals surface area (Å²) in [5, 5.41) is 13.6. The molecule has 0 unspecified atom stereocenters. The Morgan fingerprint density at radius 1 is 0.909 bits per heavy atom. The fourth-order valence-electron chi connectivity index (χ4n) is 1.26. The second kappa shape index (κ2) is 12.4. The molecule has 10 heteroatoms. The number of carboxylic acid groups (broad SMARTS) is 1. The smallest absolute Gasteiger partial charge is 0.382 e. The molecule has 0 spiro atoms. The van der Waals surface area contributed by atoms with E-state index in [1.807, 2.05) is 51.1 Å². The molecule has 0 aromatic carbocycles. The van der Waals surface area contributed by atoms with E-state index >= 15 is 0 Å². The molecule has 0 aromatic rings. The number of hydrogen-bond donors (Lipinski definition) is 3. The van der Waals surface area contributed by atoms with E-state index in [1.165, 1.54) is 4.90 Å². The largest absolute Gasteiger partial charge is 0.472 e. The van der Waals surface area contributed by atoms with Crippen LogP contribution in [0, 0.1) is 11.8 Å². The first-order chi connectivity index (χ1) is 10.4. The van der Waals surface area contributed by atoms with Crippen LogP contribution in [-0.4, -0.2) is 68.7 Å². The van der Waals surface area contributed by atoms with Gasteiger partial charge < -0.3 is 20.6 Å². The molecule has 0 aliphatic heterocycles. The number of carbonyl (C=O) groups is 4. The molecule has 0 radical (unpaired) electrons. The molecule has 0 rings (SSSR count). The van der Waals surface area contributed by atoms with Gasteiger partial charge in [0.25, 0.3) is 5.91 Å². The van der Waals surface area contributed by atoms with Crippen LogP contribution in [0.1, 0.15) is 0 Å². The normalized spacial score (nSPS) is 9.18. The maximum absolute atomic E-state index is 11.8. The Morgan fingerprint density at radius 3 is 1.73 bits per heavy atom. The molecule has 22 heavy (non-hydrogen) atoms. The van der Waals surface area contributed by atoms with Crippen molar-refractivity contribution in [2.45, 2.75) is 0 Å². The van der Waals surface area contributed by atoms with Crippen LogP contribution in [0.25, 0.3) is 0 Å². The molecule has 0 atom stereocenters. The molecule has 0 heterocycles. The molecule has 3 N–H and O–H groups in total. The topological polar surface area (TPSA) is 116 Å². The lowest BCUT2D eigenvalue weighted by Gasteiger charge is -2.20. The Morgan fingerprint density at radius 2 is 1.36 bits per heavy atom. The zero-order valence-corrected chi connectivity index (χ0v) is 15.8. The third-order valence-electron chi connectivity index (χ3n) is 2.21. The molecule has 0 saturated carbocycles. The number of rotatable bonds is 8. The van der Waals surface area contributed by atoms with Crippen molar-refractivity contribution in [3.8, 4) is 11.8 Å². The fraction of sp³-hybridized carbons (Fsp3) is 0.500. The number of halogens is 2. The van der Waals surface area contributed by atoms with Crippen molar-refractivity contribution in [2.75, 3.05) is 35.0 Å². The number of hydrogen-bond acceptors (Lipinski definition) is 4. The highest BCUT2D eigenvalue weighted by atomic mass is 127. The van der Waals surface area contributed by atoms with Crippen LogP contribution in [0.15, 0.2) is 0 Å². The van der Waals surface area contributed by atoms with Crippen molar-refractivity contribution >= 4 is 68.9 Å². The summed E-state index contributed by atoms with van der Waals surface area (Å²) in [4.78, 5) is 45.7. The minimum absolute atomic E-state index is 0.164. The molecule has 0 fully saturated rings. The molecule has 0 bridgehead atoms. The van der Waals surface area contributed by atoms with Gasteiger partial charge in [0, 0.05) is 38.0 Å². The zero-order chi connectivity index (χ0) is 17.0. The van der Waals surface area contributed by atoms with Gasteiger partial charge in [-0.2, -0.15) is 0 Å². The predicted molar refractivity (Wildman–Crippen MR) is 95.8 cm³/mol. The number of amides is 3. The first kappa shape index (κ1) is 20.9. The molecule has 0 saturated heterocycles. The Kier molecular flexibility index (Phi) is 11.8. The highest BCUT2D eigenvalue weighted by Crippen LogP contribution is 1.90. The molecule has 8 nitrogen and oxygen atoms in total. The Hall–Kier alpha value is -1.10. The third kappa shape index (κ3) is 10.6. The second-order valence-electron chi connectivity index (χ2n) is 3.81. The summed E-state index contributed by atoms with van der Waals surface area (Å²) in [7, 11) is 0. The van der Waals surface area contributed by atoms with E-state index in [-0.39, 0.29) is 38.0 Å².